The number of hydrogen-bond acceptors (Lipinski definition) is 6. The Balaban J connectivity index is 1.20. The highest BCUT2D eigenvalue weighted by atomic mass is 35.5. The van der Waals surface area contributed by atoms with Crippen LogP contribution in [0.2, 0.25) is 10.0 Å². The Morgan fingerprint density at radius 3 is 2.62 bits per heavy atom. The Hall–Kier alpha value is -2.16. The van der Waals surface area contributed by atoms with Gasteiger partial charge in [-0.25, -0.2) is 9.37 Å². The minimum absolute atomic E-state index is 0.166. The van der Waals surface area contributed by atoms with Crippen LogP contribution in [-0.4, -0.2) is 58.2 Å². The van der Waals surface area contributed by atoms with Gasteiger partial charge in [-0.1, -0.05) is 29.3 Å². The molecule has 2 aromatic rings. The summed E-state index contributed by atoms with van der Waals surface area (Å²) < 4.78 is 14.9. The topological polar surface area (TPSA) is 81.6 Å². The molecule has 200 valence electrons. The molecule has 3 fully saturated rings. The smallest absolute Gasteiger partial charge is 0.309 e. The molecule has 2 aliphatic heterocycles. The van der Waals surface area contributed by atoms with Crippen molar-refractivity contribution in [2.24, 2.45) is 17.3 Å². The van der Waals surface area contributed by atoms with Crippen molar-refractivity contribution in [1.29, 1.82) is 0 Å². The Morgan fingerprint density at radius 1 is 1.22 bits per heavy atom. The predicted molar refractivity (Wildman–Crippen MR) is 144 cm³/mol. The van der Waals surface area contributed by atoms with Gasteiger partial charge in [-0.2, -0.15) is 4.98 Å². The van der Waals surface area contributed by atoms with Crippen LogP contribution in [0.25, 0.3) is 0 Å². The number of carboxylic acids is 1. The first-order valence-corrected chi connectivity index (χ1v) is 13.8. The van der Waals surface area contributed by atoms with Gasteiger partial charge in [0.15, 0.2) is 11.6 Å². The van der Waals surface area contributed by atoms with E-state index in [1.807, 2.05) is 19.9 Å². The van der Waals surface area contributed by atoms with Gasteiger partial charge in [0.2, 0.25) is 5.95 Å². The lowest BCUT2D eigenvalue weighted by molar-refractivity contribution is -0.158. The number of likely N-dealkylation sites (tertiary alicyclic amines) is 1. The number of nitrogens with one attached hydrogen (secondary N) is 1. The lowest BCUT2D eigenvalue weighted by atomic mass is 9.65. The maximum absolute atomic E-state index is 14.9. The normalized spacial score (nSPS) is 27.4. The minimum Gasteiger partial charge on any atom is -0.481 e. The average molecular weight is 551 g/mol. The van der Waals surface area contributed by atoms with E-state index in [-0.39, 0.29) is 11.9 Å². The number of aryl methyl sites for hydroxylation is 1. The van der Waals surface area contributed by atoms with Crippen molar-refractivity contribution in [3.05, 3.63) is 45.3 Å². The molecule has 1 saturated carbocycles. The van der Waals surface area contributed by atoms with E-state index in [0.29, 0.717) is 39.6 Å². The van der Waals surface area contributed by atoms with Crippen molar-refractivity contribution in [2.75, 3.05) is 36.4 Å². The Kier molecular flexibility index (Phi) is 7.29. The number of hydrogen-bond donors (Lipinski definition) is 2. The molecule has 1 aromatic carbocycles. The molecule has 3 heterocycles. The van der Waals surface area contributed by atoms with E-state index in [4.69, 9.17) is 23.2 Å². The summed E-state index contributed by atoms with van der Waals surface area (Å²) in [7, 11) is 0. The van der Waals surface area contributed by atoms with E-state index < -0.39 is 17.2 Å². The highest BCUT2D eigenvalue weighted by molar-refractivity contribution is 6.35. The van der Waals surface area contributed by atoms with Crippen LogP contribution in [0.4, 0.5) is 16.2 Å². The number of aliphatic carboxylic acids is 1. The summed E-state index contributed by atoms with van der Waals surface area (Å²) in [5.74, 6) is 0.671. The molecule has 1 aromatic heterocycles. The summed E-state index contributed by atoms with van der Waals surface area (Å²) >= 11 is 12.4. The molecule has 0 bridgehead atoms. The van der Waals surface area contributed by atoms with Crippen LogP contribution in [0.15, 0.2) is 18.2 Å². The highest BCUT2D eigenvalue weighted by Gasteiger charge is 2.49. The van der Waals surface area contributed by atoms with Crippen LogP contribution in [0, 0.1) is 30.0 Å². The fraction of sp³-hybridized carbons (Fsp3) is 0.593. The van der Waals surface area contributed by atoms with E-state index in [2.05, 4.69) is 25.1 Å². The number of anilines is 2. The molecule has 0 radical (unpaired) electrons. The summed E-state index contributed by atoms with van der Waals surface area (Å²) in [5, 5.41) is 13.7. The summed E-state index contributed by atoms with van der Waals surface area (Å²) in [4.78, 5) is 25.1. The van der Waals surface area contributed by atoms with Gasteiger partial charge in [-0.05, 0) is 82.5 Å². The van der Waals surface area contributed by atoms with Crippen molar-refractivity contribution in [3.63, 3.8) is 0 Å². The van der Waals surface area contributed by atoms with Crippen LogP contribution in [0.3, 0.4) is 0 Å². The Morgan fingerprint density at radius 2 is 1.95 bits per heavy atom. The molecule has 5 rings (SSSR count). The van der Waals surface area contributed by atoms with Crippen LogP contribution >= 0.6 is 23.2 Å². The second-order valence-electron chi connectivity index (χ2n) is 11.3. The second-order valence-corrected chi connectivity index (χ2v) is 12.1. The van der Waals surface area contributed by atoms with Crippen molar-refractivity contribution in [2.45, 2.75) is 58.5 Å². The number of carboxylic acid groups (broad SMARTS) is 1. The molecular formula is C27H34Cl2FN5O2. The first-order valence-electron chi connectivity index (χ1n) is 13.0. The third-order valence-electron chi connectivity index (χ3n) is 8.54. The van der Waals surface area contributed by atoms with Gasteiger partial charge in [-0.15, -0.1) is 0 Å². The van der Waals surface area contributed by atoms with Crippen molar-refractivity contribution < 1.29 is 14.3 Å². The molecule has 7 nitrogen and oxygen atoms in total. The van der Waals surface area contributed by atoms with Gasteiger partial charge in [-0.3, -0.25) is 4.79 Å². The monoisotopic (exact) mass is 549 g/mol. The molecule has 10 heteroatoms. The Bertz CT molecular complexity index is 1190. The summed E-state index contributed by atoms with van der Waals surface area (Å²) in [5.41, 5.74) is 0.551. The SMILES string of the molecule is Cc1nc(N2CC([C@H]3CCCN(C4CC(C)(C(=O)O)C4)C3)C2)nc(N[C@H](C)c2ccc(Cl)cc2Cl)c1F. The molecule has 2 saturated heterocycles. The van der Waals surface area contributed by atoms with E-state index in [1.165, 1.54) is 6.42 Å². The molecule has 2 atom stereocenters. The van der Waals surface area contributed by atoms with E-state index >= 15 is 0 Å². The highest BCUT2D eigenvalue weighted by Crippen LogP contribution is 2.45. The molecule has 0 amide bonds. The van der Waals surface area contributed by atoms with Crippen molar-refractivity contribution in [1.82, 2.24) is 14.9 Å². The molecular weight excluding hydrogens is 516 g/mol. The number of benzene rings is 1. The number of rotatable bonds is 7. The number of nitrogens with zero attached hydrogens (tertiary/aromatic N) is 4. The summed E-state index contributed by atoms with van der Waals surface area (Å²) in [6.07, 6.45) is 3.81. The van der Waals surface area contributed by atoms with Gasteiger partial charge in [0, 0.05) is 35.7 Å². The third-order valence-corrected chi connectivity index (χ3v) is 9.10. The number of aromatic nitrogens is 2. The summed E-state index contributed by atoms with van der Waals surface area (Å²) in [6.45, 7) is 9.19. The first-order chi connectivity index (χ1) is 17.5. The first kappa shape index (κ1) is 26.4. The standard InChI is InChI=1S/C27H34Cl2FN5O2/c1-15(21-7-6-19(28)9-22(21)29)31-24-23(30)16(2)32-26(33-24)35-13-18(14-35)17-5-4-8-34(12-17)20-10-27(3,11-20)25(36)37/h6-7,9,15,17-18,20H,4-5,8,10-14H2,1-3H3,(H,36,37)(H,31,32,33)/t15-,17+,20?,27?/m1/s1. The maximum Gasteiger partial charge on any atom is 0.309 e. The number of piperidine rings is 1. The van der Waals surface area contributed by atoms with Gasteiger partial charge in [0.25, 0.3) is 0 Å². The fourth-order valence-corrected chi connectivity index (χ4v) is 6.63. The zero-order valence-electron chi connectivity index (χ0n) is 21.5. The molecule has 37 heavy (non-hydrogen) atoms. The largest absolute Gasteiger partial charge is 0.481 e. The molecule has 1 aliphatic carbocycles. The zero-order chi connectivity index (χ0) is 26.5. The van der Waals surface area contributed by atoms with Gasteiger partial charge >= 0.3 is 5.97 Å². The van der Waals surface area contributed by atoms with E-state index in [1.54, 1.807) is 19.1 Å². The van der Waals surface area contributed by atoms with Crippen molar-refractivity contribution >= 4 is 40.9 Å². The number of halogens is 3. The zero-order valence-corrected chi connectivity index (χ0v) is 23.0. The Labute approximate surface area is 227 Å². The third kappa shape index (κ3) is 5.25. The lowest BCUT2D eigenvalue weighted by Gasteiger charge is -2.52. The quantitative estimate of drug-likeness (QED) is 0.451. The molecule has 0 unspecified atom stereocenters. The van der Waals surface area contributed by atoms with Crippen LogP contribution in [0.1, 0.15) is 56.8 Å². The molecule has 0 spiro atoms. The predicted octanol–water partition coefficient (Wildman–Crippen LogP) is 5.81. The van der Waals surface area contributed by atoms with Gasteiger partial charge < -0.3 is 20.2 Å². The van der Waals surface area contributed by atoms with Crippen LogP contribution in [-0.2, 0) is 4.79 Å². The van der Waals surface area contributed by atoms with Gasteiger partial charge in [0.05, 0.1) is 17.2 Å². The van der Waals surface area contributed by atoms with Crippen molar-refractivity contribution in [3.8, 4) is 0 Å². The average Bonchev–Trinajstić information content (AvgIpc) is 2.79. The molecule has 3 aliphatic rings. The van der Waals surface area contributed by atoms with E-state index in [0.717, 1.165) is 51.0 Å². The second kappa shape index (κ2) is 10.2. The maximum atomic E-state index is 14.9. The summed E-state index contributed by atoms with van der Waals surface area (Å²) in [6, 6.07) is 5.37. The minimum atomic E-state index is -0.680. The number of carbonyl (C=O) groups is 1. The van der Waals surface area contributed by atoms with Crippen LogP contribution in [0.5, 0.6) is 0 Å². The fourth-order valence-electron chi connectivity index (χ4n) is 6.06. The van der Waals surface area contributed by atoms with Gasteiger partial charge in [0.1, 0.15) is 0 Å². The lowest BCUT2D eigenvalue weighted by Crippen LogP contribution is -2.58. The van der Waals surface area contributed by atoms with Crippen LogP contribution < -0.4 is 10.2 Å². The molecule has 2 N–H and O–H groups in total. The van der Waals surface area contributed by atoms with E-state index in [9.17, 15) is 14.3 Å².